The average molecular weight is 741 g/mol. The number of allylic oxidation sites excluding steroid dienone is 6. The molecule has 0 rings (SSSR count). The summed E-state index contributed by atoms with van der Waals surface area (Å²) >= 11 is 0. The Morgan fingerprint density at radius 2 is 1.25 bits per heavy atom. The maximum atomic E-state index is 12.4. The zero-order chi connectivity index (χ0) is 37.8. The number of phosphoric ester groups is 1. The number of carbonyl (C=O) groups excluding carboxylic acids is 2. The number of unbranched alkanes of at least 4 members (excludes halogenated alkanes) is 15. The molecule has 0 saturated heterocycles. The number of carbonyl (C=O) groups is 2. The summed E-state index contributed by atoms with van der Waals surface area (Å²) in [4.78, 5) is 42.7. The van der Waals surface area contributed by atoms with Crippen molar-refractivity contribution in [2.75, 3.05) is 13.2 Å². The van der Waals surface area contributed by atoms with E-state index in [0.29, 0.717) is 25.7 Å². The van der Waals surface area contributed by atoms with Crippen molar-refractivity contribution in [1.29, 1.82) is 0 Å². The normalized spacial score (nSPS) is 13.7. The molecule has 3 N–H and O–H groups in total. The highest BCUT2D eigenvalue weighted by molar-refractivity contribution is 7.46. The smallest absolute Gasteiger partial charge is 0.462 e. The third-order valence-electron chi connectivity index (χ3n) is 8.36. The van der Waals surface area contributed by atoms with Gasteiger partial charge in [-0.05, 0) is 50.9 Å². The molecule has 0 bridgehead atoms. The van der Waals surface area contributed by atoms with E-state index in [9.17, 15) is 19.3 Å². The predicted molar refractivity (Wildman–Crippen MR) is 208 cm³/mol. The number of hydrogen-bond acceptors (Lipinski definition) is 7. The minimum Gasteiger partial charge on any atom is -0.462 e. The number of aliphatic hydroxyl groups excluding tert-OH is 1. The van der Waals surface area contributed by atoms with E-state index in [4.69, 9.17) is 19.3 Å². The van der Waals surface area contributed by atoms with E-state index >= 15 is 0 Å². The molecule has 0 aromatic heterocycles. The van der Waals surface area contributed by atoms with Crippen LogP contribution >= 0.6 is 7.82 Å². The maximum absolute atomic E-state index is 12.4. The first-order valence-electron chi connectivity index (χ1n) is 19.9. The van der Waals surface area contributed by atoms with Crippen LogP contribution in [0.2, 0.25) is 0 Å². The van der Waals surface area contributed by atoms with Crippen molar-refractivity contribution in [3.8, 4) is 0 Å². The minimum atomic E-state index is -4.78. The van der Waals surface area contributed by atoms with Gasteiger partial charge in [0, 0.05) is 12.8 Å². The highest BCUT2D eigenvalue weighted by Crippen LogP contribution is 2.36. The molecule has 0 fully saturated rings. The number of ether oxygens (including phenoxy) is 2. The molecule has 0 aliphatic heterocycles. The standard InChI is InChI=1S/C41H73O9P/c1-4-5-6-7-15-21-26-31-38(42)32-27-22-17-14-19-23-28-33-40(43)48-35-39(36-49-51(45,46)47)50-41(44)34-29-24-18-13-11-9-8-10-12-16-20-25-30-37(2)3/h14-15,19,21-22,26-27,31,37-39,42H,4-13,16-18,20,23-25,28-30,32-36H2,1-3H3,(H2,45,46,47)/b19-14+,21-15-,27-22-,31-26-/t38-,39-/m1/s1. The molecule has 0 unspecified atom stereocenters. The lowest BCUT2D eigenvalue weighted by atomic mass is 10.0. The van der Waals surface area contributed by atoms with Crippen LogP contribution in [0.3, 0.4) is 0 Å². The van der Waals surface area contributed by atoms with E-state index in [-0.39, 0.29) is 19.4 Å². The molecule has 51 heavy (non-hydrogen) atoms. The second-order valence-electron chi connectivity index (χ2n) is 13.9. The fraction of sp³-hybridized carbons (Fsp3) is 0.756. The van der Waals surface area contributed by atoms with Crippen molar-refractivity contribution in [2.24, 2.45) is 5.92 Å². The Kier molecular flexibility index (Phi) is 33.6. The Balaban J connectivity index is 4.10. The summed E-state index contributed by atoms with van der Waals surface area (Å²) in [5.74, 6) is -0.183. The van der Waals surface area contributed by atoms with Crippen molar-refractivity contribution in [1.82, 2.24) is 0 Å². The summed E-state index contributed by atoms with van der Waals surface area (Å²) in [6.45, 7) is 5.85. The van der Waals surface area contributed by atoms with Gasteiger partial charge in [-0.2, -0.15) is 0 Å². The van der Waals surface area contributed by atoms with Gasteiger partial charge < -0.3 is 24.4 Å². The van der Waals surface area contributed by atoms with Crippen LogP contribution in [-0.2, 0) is 28.2 Å². The molecule has 10 heteroatoms. The highest BCUT2D eigenvalue weighted by atomic mass is 31.2. The van der Waals surface area contributed by atoms with Crippen LogP contribution in [-0.4, -0.2) is 52.3 Å². The van der Waals surface area contributed by atoms with Crippen molar-refractivity contribution in [3.05, 3.63) is 48.6 Å². The monoisotopic (exact) mass is 740 g/mol. The van der Waals surface area contributed by atoms with Gasteiger partial charge in [-0.15, -0.1) is 0 Å². The maximum Gasteiger partial charge on any atom is 0.469 e. The Morgan fingerprint density at radius 1 is 0.667 bits per heavy atom. The van der Waals surface area contributed by atoms with E-state index in [1.165, 1.54) is 77.0 Å². The van der Waals surface area contributed by atoms with Crippen LogP contribution in [0.4, 0.5) is 0 Å². The van der Waals surface area contributed by atoms with Gasteiger partial charge in [0.1, 0.15) is 6.61 Å². The first-order valence-corrected chi connectivity index (χ1v) is 21.4. The van der Waals surface area contributed by atoms with Gasteiger partial charge in [0.15, 0.2) is 6.10 Å². The summed E-state index contributed by atoms with van der Waals surface area (Å²) in [6, 6.07) is 0. The van der Waals surface area contributed by atoms with Crippen LogP contribution in [0.25, 0.3) is 0 Å². The van der Waals surface area contributed by atoms with Crippen LogP contribution in [0.1, 0.15) is 168 Å². The van der Waals surface area contributed by atoms with Crippen molar-refractivity contribution >= 4 is 19.8 Å². The average Bonchev–Trinajstić information content (AvgIpc) is 3.07. The van der Waals surface area contributed by atoms with Gasteiger partial charge in [0.2, 0.25) is 0 Å². The second kappa shape index (κ2) is 35.0. The lowest BCUT2D eigenvalue weighted by molar-refractivity contribution is -0.161. The summed E-state index contributed by atoms with van der Waals surface area (Å²) < 4.78 is 26.3. The van der Waals surface area contributed by atoms with E-state index in [0.717, 1.165) is 38.0 Å². The van der Waals surface area contributed by atoms with Crippen LogP contribution in [0, 0.1) is 5.92 Å². The van der Waals surface area contributed by atoms with Crippen molar-refractivity contribution < 1.29 is 43.0 Å². The van der Waals surface area contributed by atoms with Crippen molar-refractivity contribution in [3.63, 3.8) is 0 Å². The molecule has 296 valence electrons. The van der Waals surface area contributed by atoms with Crippen LogP contribution in [0.5, 0.6) is 0 Å². The Morgan fingerprint density at radius 3 is 1.88 bits per heavy atom. The molecule has 0 heterocycles. The minimum absolute atomic E-state index is 0.157. The topological polar surface area (TPSA) is 140 Å². The largest absolute Gasteiger partial charge is 0.469 e. The fourth-order valence-electron chi connectivity index (χ4n) is 5.34. The van der Waals surface area contributed by atoms with Gasteiger partial charge in [0.25, 0.3) is 0 Å². The van der Waals surface area contributed by atoms with Crippen LogP contribution in [0.15, 0.2) is 48.6 Å². The Hall–Kier alpha value is -2.03. The zero-order valence-electron chi connectivity index (χ0n) is 32.3. The molecule has 0 aliphatic rings. The molecule has 0 spiro atoms. The third kappa shape index (κ3) is 39.0. The molecule has 0 aliphatic carbocycles. The van der Waals surface area contributed by atoms with E-state index in [1.807, 2.05) is 36.5 Å². The van der Waals surface area contributed by atoms with Gasteiger partial charge >= 0.3 is 19.8 Å². The quantitative estimate of drug-likeness (QED) is 0.0190. The molecule has 0 radical (unpaired) electrons. The molecule has 0 aromatic rings. The highest BCUT2D eigenvalue weighted by Gasteiger charge is 2.22. The second-order valence-corrected chi connectivity index (χ2v) is 15.2. The number of esters is 2. The van der Waals surface area contributed by atoms with Gasteiger partial charge in [0.05, 0.1) is 12.7 Å². The van der Waals surface area contributed by atoms with Crippen LogP contribution < -0.4 is 0 Å². The fourth-order valence-corrected chi connectivity index (χ4v) is 5.70. The molecular formula is C41H73O9P. The predicted octanol–water partition coefficient (Wildman–Crippen LogP) is 10.8. The summed E-state index contributed by atoms with van der Waals surface area (Å²) in [5.41, 5.74) is 0. The van der Waals surface area contributed by atoms with E-state index in [2.05, 4.69) is 31.4 Å². The number of phosphoric acid groups is 1. The number of rotatable bonds is 35. The zero-order valence-corrected chi connectivity index (χ0v) is 33.2. The third-order valence-corrected chi connectivity index (χ3v) is 8.84. The number of aliphatic hydroxyl groups is 1. The Labute approximate surface area is 310 Å². The van der Waals surface area contributed by atoms with E-state index in [1.54, 1.807) is 6.08 Å². The molecule has 0 saturated carbocycles. The summed E-state index contributed by atoms with van der Waals surface area (Å²) in [6.07, 6.45) is 37.2. The molecule has 0 amide bonds. The lowest BCUT2D eigenvalue weighted by Gasteiger charge is -2.18. The van der Waals surface area contributed by atoms with Gasteiger partial charge in [-0.1, -0.05) is 159 Å². The Bertz CT molecular complexity index is 999. The lowest BCUT2D eigenvalue weighted by Crippen LogP contribution is -2.29. The molecule has 9 nitrogen and oxygen atoms in total. The first kappa shape index (κ1) is 49.0. The van der Waals surface area contributed by atoms with Gasteiger partial charge in [-0.25, -0.2) is 4.57 Å². The van der Waals surface area contributed by atoms with Gasteiger partial charge in [-0.3, -0.25) is 14.1 Å². The SMILES string of the molecule is CCCCC/C=C\C=C/[C@@H](O)C/C=C\C/C=C/CCCC(=O)OC[C@H](COP(=O)(O)O)OC(=O)CCCCCCCCCCCCCCC(C)C. The number of hydrogen-bond donors (Lipinski definition) is 3. The molecule has 0 aromatic carbocycles. The molecular weight excluding hydrogens is 667 g/mol. The first-order chi connectivity index (χ1) is 24.5. The summed E-state index contributed by atoms with van der Waals surface area (Å²) in [5, 5.41) is 10.0. The van der Waals surface area contributed by atoms with Crippen molar-refractivity contribution in [2.45, 2.75) is 181 Å². The molecule has 2 atom stereocenters. The van der Waals surface area contributed by atoms with E-state index < -0.39 is 38.6 Å². The summed E-state index contributed by atoms with van der Waals surface area (Å²) in [7, 11) is -4.78.